The molecule has 0 aliphatic heterocycles. The minimum atomic E-state index is -3.36. The maximum absolute atomic E-state index is 12.0. The maximum Gasteiger partial charge on any atom is 0.185 e. The summed E-state index contributed by atoms with van der Waals surface area (Å²) in [7, 11) is -3.36. The van der Waals surface area contributed by atoms with E-state index >= 15 is 0 Å². The summed E-state index contributed by atoms with van der Waals surface area (Å²) >= 11 is 0. The van der Waals surface area contributed by atoms with Crippen molar-refractivity contribution in [2.75, 3.05) is 12.4 Å². The molecular weight excluding hydrogens is 248 g/mol. The summed E-state index contributed by atoms with van der Waals surface area (Å²) < 4.78 is 29.3. The van der Waals surface area contributed by atoms with Crippen LogP contribution in [-0.4, -0.2) is 20.8 Å². The van der Waals surface area contributed by atoms with Crippen molar-refractivity contribution < 1.29 is 13.2 Å². The molecule has 0 amide bonds. The zero-order valence-corrected chi connectivity index (χ0v) is 11.5. The lowest BCUT2D eigenvalue weighted by atomic mass is 10.2. The number of sulfone groups is 1. The van der Waals surface area contributed by atoms with E-state index in [9.17, 15) is 8.42 Å². The van der Waals surface area contributed by atoms with Crippen LogP contribution in [0.3, 0.4) is 0 Å². The fourth-order valence-electron chi connectivity index (χ4n) is 1.34. The standard InChI is InChI=1S/C14H18O3S/c1-4-5-10-17-13(3)11-18(15,16)14-8-6-12(2)7-9-14/h4-9H,3,10-11H2,1-2H3/b5-4+. The van der Waals surface area contributed by atoms with Gasteiger partial charge >= 0.3 is 0 Å². The average molecular weight is 266 g/mol. The molecule has 0 aliphatic rings. The first-order valence-corrected chi connectivity index (χ1v) is 7.32. The highest BCUT2D eigenvalue weighted by atomic mass is 32.2. The van der Waals surface area contributed by atoms with Gasteiger partial charge in [0.15, 0.2) is 9.84 Å². The molecule has 3 nitrogen and oxygen atoms in total. The fraction of sp³-hybridized carbons (Fsp3) is 0.286. The van der Waals surface area contributed by atoms with E-state index in [1.165, 1.54) is 0 Å². The summed E-state index contributed by atoms with van der Waals surface area (Å²) in [4.78, 5) is 0.295. The highest BCUT2D eigenvalue weighted by Crippen LogP contribution is 2.14. The summed E-state index contributed by atoms with van der Waals surface area (Å²) in [5.41, 5.74) is 1.03. The number of aryl methyl sites for hydroxylation is 1. The second-order valence-electron chi connectivity index (χ2n) is 3.99. The van der Waals surface area contributed by atoms with E-state index in [1.54, 1.807) is 30.3 Å². The topological polar surface area (TPSA) is 43.4 Å². The van der Waals surface area contributed by atoms with Crippen LogP contribution in [0.2, 0.25) is 0 Å². The van der Waals surface area contributed by atoms with Crippen molar-refractivity contribution in [3.8, 4) is 0 Å². The Morgan fingerprint density at radius 1 is 1.33 bits per heavy atom. The Morgan fingerprint density at radius 3 is 2.50 bits per heavy atom. The zero-order valence-electron chi connectivity index (χ0n) is 10.7. The molecule has 0 heterocycles. The summed E-state index contributed by atoms with van der Waals surface area (Å²) in [5.74, 6) is 0.0711. The van der Waals surface area contributed by atoms with Crippen LogP contribution < -0.4 is 0 Å². The molecule has 4 heteroatoms. The second-order valence-corrected chi connectivity index (χ2v) is 5.98. The van der Waals surface area contributed by atoms with Gasteiger partial charge in [-0.2, -0.15) is 0 Å². The highest BCUT2D eigenvalue weighted by molar-refractivity contribution is 7.91. The van der Waals surface area contributed by atoms with Crippen molar-refractivity contribution >= 4 is 9.84 Å². The van der Waals surface area contributed by atoms with Crippen LogP contribution in [0.15, 0.2) is 53.7 Å². The number of benzene rings is 1. The Labute approximate surface area is 109 Å². The van der Waals surface area contributed by atoms with E-state index in [1.807, 2.05) is 19.9 Å². The van der Waals surface area contributed by atoms with Crippen molar-refractivity contribution in [2.24, 2.45) is 0 Å². The molecule has 0 saturated heterocycles. The Morgan fingerprint density at radius 2 is 1.94 bits per heavy atom. The van der Waals surface area contributed by atoms with Crippen molar-refractivity contribution in [1.29, 1.82) is 0 Å². The van der Waals surface area contributed by atoms with Gasteiger partial charge in [-0.15, -0.1) is 0 Å². The number of ether oxygens (including phenoxy) is 1. The Kier molecular flexibility index (Phi) is 5.16. The van der Waals surface area contributed by atoms with Gasteiger partial charge in [-0.1, -0.05) is 36.4 Å². The van der Waals surface area contributed by atoms with E-state index in [0.717, 1.165) is 5.56 Å². The van der Waals surface area contributed by atoms with Crippen LogP contribution in [0.1, 0.15) is 12.5 Å². The molecule has 0 bridgehead atoms. The van der Waals surface area contributed by atoms with E-state index < -0.39 is 9.84 Å². The molecule has 0 spiro atoms. The van der Waals surface area contributed by atoms with Crippen molar-refractivity contribution in [1.82, 2.24) is 0 Å². The predicted molar refractivity (Wildman–Crippen MR) is 73.1 cm³/mol. The molecule has 1 rings (SSSR count). The van der Waals surface area contributed by atoms with Crippen LogP contribution in [0.5, 0.6) is 0 Å². The summed E-state index contributed by atoms with van der Waals surface area (Å²) in [5, 5.41) is 0. The van der Waals surface area contributed by atoms with Gasteiger partial charge in [-0.3, -0.25) is 0 Å². The third-order valence-corrected chi connectivity index (χ3v) is 4.04. The third-order valence-electron chi connectivity index (χ3n) is 2.35. The molecule has 1 aromatic carbocycles. The normalized spacial score (nSPS) is 11.7. The van der Waals surface area contributed by atoms with E-state index in [2.05, 4.69) is 6.58 Å². The Balaban J connectivity index is 2.70. The smallest absolute Gasteiger partial charge is 0.185 e. The average Bonchev–Trinajstić information content (AvgIpc) is 2.29. The van der Waals surface area contributed by atoms with Gasteiger partial charge < -0.3 is 4.74 Å². The molecular formula is C14H18O3S. The van der Waals surface area contributed by atoms with Crippen molar-refractivity contribution in [3.05, 3.63) is 54.3 Å². The first-order chi connectivity index (χ1) is 8.45. The maximum atomic E-state index is 12.0. The molecule has 0 N–H and O–H groups in total. The van der Waals surface area contributed by atoms with E-state index in [-0.39, 0.29) is 11.5 Å². The molecule has 0 aliphatic carbocycles. The SMILES string of the molecule is C=C(CS(=O)(=O)c1ccc(C)cc1)OC/C=C/C. The highest BCUT2D eigenvalue weighted by Gasteiger charge is 2.16. The predicted octanol–water partition coefficient (Wildman–Crippen LogP) is 2.88. The first-order valence-electron chi connectivity index (χ1n) is 5.67. The number of rotatable bonds is 6. The molecule has 0 saturated carbocycles. The molecule has 0 aromatic heterocycles. The van der Waals surface area contributed by atoms with Gasteiger partial charge in [0.1, 0.15) is 18.1 Å². The second kappa shape index (κ2) is 6.40. The zero-order chi connectivity index (χ0) is 13.6. The molecule has 1 aromatic rings. The summed E-state index contributed by atoms with van der Waals surface area (Å²) in [6, 6.07) is 6.75. The first kappa shape index (κ1) is 14.5. The van der Waals surface area contributed by atoms with Crippen LogP contribution in [0.4, 0.5) is 0 Å². The molecule has 0 unspecified atom stereocenters. The lowest BCUT2D eigenvalue weighted by Crippen LogP contribution is -2.10. The number of allylic oxidation sites excluding steroid dienone is 1. The van der Waals surface area contributed by atoms with Crippen LogP contribution in [0, 0.1) is 6.92 Å². The molecule has 0 fully saturated rings. The summed E-state index contributed by atoms with van der Waals surface area (Å²) in [6.07, 6.45) is 3.63. The van der Waals surface area contributed by atoms with Gasteiger partial charge in [0.05, 0.1) is 4.90 Å². The lowest BCUT2D eigenvalue weighted by Gasteiger charge is -2.08. The van der Waals surface area contributed by atoms with Gasteiger partial charge in [0.2, 0.25) is 0 Å². The van der Waals surface area contributed by atoms with Gasteiger partial charge in [-0.05, 0) is 26.0 Å². The molecule has 18 heavy (non-hydrogen) atoms. The minimum Gasteiger partial charge on any atom is -0.493 e. The molecule has 0 radical (unpaired) electrons. The van der Waals surface area contributed by atoms with Gasteiger partial charge in [0, 0.05) is 0 Å². The van der Waals surface area contributed by atoms with Crippen LogP contribution in [0.25, 0.3) is 0 Å². The lowest BCUT2D eigenvalue weighted by molar-refractivity contribution is 0.252. The quantitative estimate of drug-likeness (QED) is 0.587. The van der Waals surface area contributed by atoms with E-state index in [4.69, 9.17) is 4.74 Å². The number of hydrogen-bond acceptors (Lipinski definition) is 3. The summed E-state index contributed by atoms with van der Waals surface area (Å²) in [6.45, 7) is 7.75. The minimum absolute atomic E-state index is 0.187. The van der Waals surface area contributed by atoms with Crippen molar-refractivity contribution in [2.45, 2.75) is 18.7 Å². The van der Waals surface area contributed by atoms with E-state index in [0.29, 0.717) is 11.5 Å². The largest absolute Gasteiger partial charge is 0.493 e. The van der Waals surface area contributed by atoms with Crippen molar-refractivity contribution in [3.63, 3.8) is 0 Å². The fourth-order valence-corrected chi connectivity index (χ4v) is 2.57. The Bertz CT molecular complexity index is 525. The Hall–Kier alpha value is -1.55. The van der Waals surface area contributed by atoms with Crippen LogP contribution in [-0.2, 0) is 14.6 Å². The van der Waals surface area contributed by atoms with Gasteiger partial charge in [-0.25, -0.2) is 8.42 Å². The van der Waals surface area contributed by atoms with Crippen LogP contribution >= 0.6 is 0 Å². The van der Waals surface area contributed by atoms with Gasteiger partial charge in [0.25, 0.3) is 0 Å². The molecule has 98 valence electrons. The molecule has 0 atom stereocenters. The number of hydrogen-bond donors (Lipinski definition) is 0. The third kappa shape index (κ3) is 4.37. The monoisotopic (exact) mass is 266 g/mol.